The second-order valence-electron chi connectivity index (χ2n) is 3.61. The molecule has 0 aromatic carbocycles. The number of aliphatic carboxylic acids is 1. The van der Waals surface area contributed by atoms with Crippen molar-refractivity contribution < 1.29 is 18.3 Å². The second kappa shape index (κ2) is 9.35. The van der Waals surface area contributed by atoms with Crippen molar-refractivity contribution in [1.29, 1.82) is 0 Å². The van der Waals surface area contributed by atoms with E-state index in [2.05, 4.69) is 5.10 Å². The van der Waals surface area contributed by atoms with Gasteiger partial charge in [0.05, 0.1) is 6.42 Å². The summed E-state index contributed by atoms with van der Waals surface area (Å²) in [5.41, 5.74) is 0.377. The molecule has 0 atom stereocenters. The smallest absolute Gasteiger partial charge is 0.316 e. The quantitative estimate of drug-likeness (QED) is 0.351. The summed E-state index contributed by atoms with van der Waals surface area (Å²) in [6.07, 6.45) is 0.0625. The molecule has 0 bridgehead atoms. The van der Waals surface area contributed by atoms with Gasteiger partial charge in [-0.25, -0.2) is 0 Å². The fourth-order valence-corrected chi connectivity index (χ4v) is 2.74. The zero-order valence-corrected chi connectivity index (χ0v) is 12.8. The molecule has 10 heteroatoms. The third kappa shape index (κ3) is 8.25. The maximum atomic E-state index is 11.8. The summed E-state index contributed by atoms with van der Waals surface area (Å²) in [6, 6.07) is 0. The number of hydrogen-bond acceptors (Lipinski definition) is 4. The van der Waals surface area contributed by atoms with E-state index in [1.165, 1.54) is 0 Å². The lowest BCUT2D eigenvalue weighted by atomic mass is 10.2. The molecule has 2 N–H and O–H groups in total. The number of alkyl halides is 2. The molecule has 0 radical (unpaired) electrons. The highest BCUT2D eigenvalue weighted by molar-refractivity contribution is 7.87. The molecule has 0 saturated heterocycles. The van der Waals surface area contributed by atoms with Crippen molar-refractivity contribution in [2.24, 2.45) is 5.10 Å². The summed E-state index contributed by atoms with van der Waals surface area (Å²) < 4.78 is 24.7. The molecule has 0 aliphatic rings. The average Bonchev–Trinajstić information content (AvgIpc) is 2.33. The van der Waals surface area contributed by atoms with Crippen LogP contribution in [0.15, 0.2) is 5.10 Å². The Morgan fingerprint density at radius 3 is 2.21 bits per heavy atom. The fourth-order valence-electron chi connectivity index (χ4n) is 1.08. The first-order chi connectivity index (χ1) is 8.83. The molecule has 7 nitrogen and oxygen atoms in total. The van der Waals surface area contributed by atoms with E-state index in [1.54, 1.807) is 6.92 Å². The standard InChI is InChI=1S/C9H17Cl2N3O4S/c1-8(2-3-9(15)16)12-13-19(17,18)14(6-4-10)7-5-11/h13H,2-7H2,1H3,(H,15,16)/b12-8+. The molecular weight excluding hydrogens is 317 g/mol. The first kappa shape index (κ1) is 18.4. The summed E-state index contributed by atoms with van der Waals surface area (Å²) in [4.78, 5) is 12.4. The van der Waals surface area contributed by atoms with E-state index in [4.69, 9.17) is 28.3 Å². The van der Waals surface area contributed by atoms with Crippen LogP contribution in [0.1, 0.15) is 19.8 Å². The predicted molar refractivity (Wildman–Crippen MR) is 75.0 cm³/mol. The highest BCUT2D eigenvalue weighted by Gasteiger charge is 2.20. The highest BCUT2D eigenvalue weighted by Crippen LogP contribution is 2.01. The third-order valence-electron chi connectivity index (χ3n) is 2.06. The zero-order chi connectivity index (χ0) is 14.9. The molecule has 0 aliphatic carbocycles. The molecule has 0 fully saturated rings. The van der Waals surface area contributed by atoms with Gasteiger partial charge in [0, 0.05) is 30.6 Å². The number of carboxylic acid groups (broad SMARTS) is 1. The summed E-state index contributed by atoms with van der Waals surface area (Å²) in [5.74, 6) is -0.692. The number of carboxylic acids is 1. The molecule has 19 heavy (non-hydrogen) atoms. The van der Waals surface area contributed by atoms with Crippen molar-refractivity contribution >= 4 is 45.1 Å². The number of halogens is 2. The molecule has 0 rings (SSSR count). The van der Waals surface area contributed by atoms with E-state index in [1.807, 2.05) is 4.83 Å². The van der Waals surface area contributed by atoms with Crippen LogP contribution in [0.2, 0.25) is 0 Å². The summed E-state index contributed by atoms with van der Waals surface area (Å²) in [6.45, 7) is 1.78. The number of rotatable bonds is 10. The Hall–Kier alpha value is -0.570. The Kier molecular flexibility index (Phi) is 9.07. The second-order valence-corrected chi connectivity index (χ2v) is 6.02. The zero-order valence-electron chi connectivity index (χ0n) is 10.5. The van der Waals surface area contributed by atoms with Crippen LogP contribution in [0.25, 0.3) is 0 Å². The molecule has 0 unspecified atom stereocenters. The normalized spacial score (nSPS) is 12.7. The molecule has 0 saturated carbocycles. The molecule has 0 spiro atoms. The van der Waals surface area contributed by atoms with Gasteiger partial charge >= 0.3 is 16.2 Å². The fraction of sp³-hybridized carbons (Fsp3) is 0.778. The molecule has 0 amide bonds. The first-order valence-electron chi connectivity index (χ1n) is 5.47. The maximum Gasteiger partial charge on any atom is 0.316 e. The Bertz CT molecular complexity index is 408. The largest absolute Gasteiger partial charge is 0.481 e. The number of hydrazone groups is 1. The molecule has 0 aromatic rings. The molecule has 0 aromatic heterocycles. The molecular formula is C9H17Cl2N3O4S. The van der Waals surface area contributed by atoms with E-state index < -0.39 is 16.2 Å². The van der Waals surface area contributed by atoms with Crippen LogP contribution in [0.3, 0.4) is 0 Å². The minimum Gasteiger partial charge on any atom is -0.481 e. The first-order valence-corrected chi connectivity index (χ1v) is 7.98. The Labute approximate surface area is 122 Å². The van der Waals surface area contributed by atoms with E-state index >= 15 is 0 Å². The SMILES string of the molecule is C/C(CCC(=O)O)=N\NS(=O)(=O)N(CCCl)CCCl. The van der Waals surface area contributed by atoms with Crippen LogP contribution in [0, 0.1) is 0 Å². The molecule has 112 valence electrons. The number of nitrogens with zero attached hydrogens (tertiary/aromatic N) is 2. The van der Waals surface area contributed by atoms with Crippen molar-refractivity contribution in [2.75, 3.05) is 24.8 Å². The maximum absolute atomic E-state index is 11.8. The Morgan fingerprint density at radius 2 is 1.79 bits per heavy atom. The Morgan fingerprint density at radius 1 is 1.26 bits per heavy atom. The lowest BCUT2D eigenvalue weighted by molar-refractivity contribution is -0.136. The van der Waals surface area contributed by atoms with Crippen LogP contribution in [-0.4, -0.2) is 54.4 Å². The number of nitrogens with one attached hydrogen (secondary N) is 1. The van der Waals surface area contributed by atoms with Crippen LogP contribution in [-0.2, 0) is 15.0 Å². The molecule has 0 aliphatic heterocycles. The van der Waals surface area contributed by atoms with Gasteiger partial charge in [0.1, 0.15) is 0 Å². The van der Waals surface area contributed by atoms with Gasteiger partial charge in [-0.1, -0.05) is 0 Å². The van der Waals surface area contributed by atoms with Crippen molar-refractivity contribution in [3.05, 3.63) is 0 Å². The van der Waals surface area contributed by atoms with E-state index in [-0.39, 0.29) is 37.7 Å². The minimum absolute atomic E-state index is 0.107. The minimum atomic E-state index is -3.80. The van der Waals surface area contributed by atoms with Crippen molar-refractivity contribution in [2.45, 2.75) is 19.8 Å². The van der Waals surface area contributed by atoms with Gasteiger partial charge < -0.3 is 5.11 Å². The van der Waals surface area contributed by atoms with Crippen molar-refractivity contribution in [1.82, 2.24) is 9.14 Å². The van der Waals surface area contributed by atoms with Gasteiger partial charge in [-0.05, 0) is 13.3 Å². The average molecular weight is 334 g/mol. The van der Waals surface area contributed by atoms with E-state index in [0.29, 0.717) is 5.71 Å². The lowest BCUT2D eigenvalue weighted by Gasteiger charge is -2.19. The van der Waals surface area contributed by atoms with Gasteiger partial charge in [0.25, 0.3) is 0 Å². The number of hydrogen-bond donors (Lipinski definition) is 2. The topological polar surface area (TPSA) is 99.1 Å². The molecule has 0 heterocycles. The van der Waals surface area contributed by atoms with Crippen LogP contribution >= 0.6 is 23.2 Å². The number of carbonyl (C=O) groups is 1. The summed E-state index contributed by atoms with van der Waals surface area (Å²) >= 11 is 11.0. The Balaban J connectivity index is 4.56. The third-order valence-corrected chi connectivity index (χ3v) is 3.77. The van der Waals surface area contributed by atoms with Gasteiger partial charge in [0.2, 0.25) is 0 Å². The highest BCUT2D eigenvalue weighted by atomic mass is 35.5. The van der Waals surface area contributed by atoms with Crippen LogP contribution in [0.4, 0.5) is 0 Å². The van der Waals surface area contributed by atoms with Gasteiger partial charge in [-0.2, -0.15) is 22.7 Å². The van der Waals surface area contributed by atoms with Gasteiger partial charge in [-0.3, -0.25) is 4.79 Å². The predicted octanol–water partition coefficient (Wildman–Crippen LogP) is 0.841. The lowest BCUT2D eigenvalue weighted by Crippen LogP contribution is -2.41. The van der Waals surface area contributed by atoms with Crippen LogP contribution in [0.5, 0.6) is 0 Å². The van der Waals surface area contributed by atoms with Crippen LogP contribution < -0.4 is 4.83 Å². The summed E-state index contributed by atoms with van der Waals surface area (Å²) in [5, 5.41) is 12.1. The van der Waals surface area contributed by atoms with Crippen molar-refractivity contribution in [3.8, 4) is 0 Å². The summed E-state index contributed by atoms with van der Waals surface area (Å²) in [7, 11) is -3.80. The monoisotopic (exact) mass is 333 g/mol. The van der Waals surface area contributed by atoms with Gasteiger partial charge in [-0.15, -0.1) is 23.2 Å². The van der Waals surface area contributed by atoms with Gasteiger partial charge in [0.15, 0.2) is 0 Å². The van der Waals surface area contributed by atoms with E-state index in [9.17, 15) is 13.2 Å². The van der Waals surface area contributed by atoms with E-state index in [0.717, 1.165) is 4.31 Å². The van der Waals surface area contributed by atoms with Crippen molar-refractivity contribution in [3.63, 3.8) is 0 Å².